The first-order chi connectivity index (χ1) is 12.3. The van der Waals surface area contributed by atoms with Crippen LogP contribution in [0, 0.1) is 0 Å². The molecule has 1 fully saturated rings. The topological polar surface area (TPSA) is 46.9 Å². The molecule has 8 heteroatoms. The fourth-order valence-electron chi connectivity index (χ4n) is 2.90. The SMILES string of the molecule is CC(NC(=O)CCn1nc(C(F)(F)F)c(Cl)c1C1CC1)c1ccccc1. The number of hydrogen-bond acceptors (Lipinski definition) is 2. The molecule has 1 aliphatic rings. The summed E-state index contributed by atoms with van der Waals surface area (Å²) in [6.45, 7) is 1.92. The van der Waals surface area contributed by atoms with E-state index in [0.717, 1.165) is 18.4 Å². The summed E-state index contributed by atoms with van der Waals surface area (Å²) in [4.78, 5) is 12.2. The Kier molecular flexibility index (Phi) is 5.27. The van der Waals surface area contributed by atoms with E-state index >= 15 is 0 Å². The van der Waals surface area contributed by atoms with Crippen molar-refractivity contribution in [3.8, 4) is 0 Å². The number of alkyl halides is 3. The van der Waals surface area contributed by atoms with Crippen molar-refractivity contribution in [2.45, 2.75) is 50.9 Å². The van der Waals surface area contributed by atoms with Gasteiger partial charge in [-0.2, -0.15) is 18.3 Å². The summed E-state index contributed by atoms with van der Waals surface area (Å²) in [6.07, 6.45) is -2.98. The third kappa shape index (κ3) is 4.20. The minimum Gasteiger partial charge on any atom is -0.350 e. The van der Waals surface area contributed by atoms with E-state index in [1.54, 1.807) is 0 Å². The highest BCUT2D eigenvalue weighted by molar-refractivity contribution is 6.32. The summed E-state index contributed by atoms with van der Waals surface area (Å²) < 4.78 is 40.4. The van der Waals surface area contributed by atoms with Crippen LogP contribution in [0.3, 0.4) is 0 Å². The highest BCUT2D eigenvalue weighted by Gasteiger charge is 2.42. The van der Waals surface area contributed by atoms with Crippen LogP contribution in [0.1, 0.15) is 55.1 Å². The van der Waals surface area contributed by atoms with Crippen molar-refractivity contribution in [1.29, 1.82) is 0 Å². The number of hydrogen-bond donors (Lipinski definition) is 1. The highest BCUT2D eigenvalue weighted by atomic mass is 35.5. The van der Waals surface area contributed by atoms with Gasteiger partial charge in [0.1, 0.15) is 0 Å². The molecule has 0 radical (unpaired) electrons. The number of rotatable bonds is 6. The van der Waals surface area contributed by atoms with E-state index < -0.39 is 11.9 Å². The Hall–Kier alpha value is -2.02. The number of aryl methyl sites for hydroxylation is 1. The zero-order valence-corrected chi connectivity index (χ0v) is 14.9. The van der Waals surface area contributed by atoms with E-state index in [9.17, 15) is 18.0 Å². The van der Waals surface area contributed by atoms with E-state index in [0.29, 0.717) is 5.69 Å². The largest absolute Gasteiger partial charge is 0.436 e. The molecule has 4 nitrogen and oxygen atoms in total. The van der Waals surface area contributed by atoms with Crippen molar-refractivity contribution in [3.63, 3.8) is 0 Å². The first-order valence-electron chi connectivity index (χ1n) is 8.45. The second-order valence-electron chi connectivity index (χ2n) is 6.49. The molecule has 0 spiro atoms. The number of aromatic nitrogens is 2. The Bertz CT molecular complexity index is 785. The fraction of sp³-hybridized carbons (Fsp3) is 0.444. The normalized spacial score (nSPS) is 15.7. The first-order valence-corrected chi connectivity index (χ1v) is 8.83. The van der Waals surface area contributed by atoms with Crippen LogP contribution in [-0.4, -0.2) is 15.7 Å². The number of nitrogens with zero attached hydrogens (tertiary/aromatic N) is 2. The molecule has 140 valence electrons. The number of halogens is 4. The van der Waals surface area contributed by atoms with Crippen LogP contribution in [0.25, 0.3) is 0 Å². The summed E-state index contributed by atoms with van der Waals surface area (Å²) in [5.41, 5.74) is 0.281. The maximum Gasteiger partial charge on any atom is 0.436 e. The maximum absolute atomic E-state index is 13.0. The monoisotopic (exact) mass is 385 g/mol. The molecule has 26 heavy (non-hydrogen) atoms. The Balaban J connectivity index is 1.67. The lowest BCUT2D eigenvalue weighted by Gasteiger charge is -2.14. The average Bonchev–Trinajstić information content (AvgIpc) is 3.36. The van der Waals surface area contributed by atoms with E-state index in [4.69, 9.17) is 11.6 Å². The summed E-state index contributed by atoms with van der Waals surface area (Å²) in [7, 11) is 0. The predicted molar refractivity (Wildman–Crippen MR) is 91.8 cm³/mol. The van der Waals surface area contributed by atoms with E-state index in [1.165, 1.54) is 4.68 Å². The Morgan fingerprint density at radius 2 is 2.00 bits per heavy atom. The summed E-state index contributed by atoms with van der Waals surface area (Å²) >= 11 is 5.92. The van der Waals surface area contributed by atoms with Gasteiger partial charge >= 0.3 is 6.18 Å². The van der Waals surface area contributed by atoms with Crippen LogP contribution in [-0.2, 0) is 17.5 Å². The van der Waals surface area contributed by atoms with E-state index in [2.05, 4.69) is 10.4 Å². The molecule has 0 saturated heterocycles. The van der Waals surface area contributed by atoms with Crippen molar-refractivity contribution in [2.75, 3.05) is 0 Å². The number of benzene rings is 1. The molecule has 0 aliphatic heterocycles. The van der Waals surface area contributed by atoms with Crippen LogP contribution < -0.4 is 5.32 Å². The number of amides is 1. The van der Waals surface area contributed by atoms with Crippen molar-refractivity contribution < 1.29 is 18.0 Å². The van der Waals surface area contributed by atoms with Crippen LogP contribution in [0.4, 0.5) is 13.2 Å². The zero-order valence-electron chi connectivity index (χ0n) is 14.2. The lowest BCUT2D eigenvalue weighted by Crippen LogP contribution is -2.27. The molecule has 3 rings (SSSR count). The van der Waals surface area contributed by atoms with Gasteiger partial charge in [-0.05, 0) is 25.3 Å². The molecule has 2 aromatic rings. The minimum absolute atomic E-state index is 0.00240. The lowest BCUT2D eigenvalue weighted by atomic mass is 10.1. The number of carbonyl (C=O) groups excluding carboxylic acids is 1. The number of nitrogens with one attached hydrogen (secondary N) is 1. The average molecular weight is 386 g/mol. The number of carbonyl (C=O) groups is 1. The van der Waals surface area contributed by atoms with Gasteiger partial charge in [-0.25, -0.2) is 0 Å². The molecule has 1 aromatic carbocycles. The van der Waals surface area contributed by atoms with Gasteiger partial charge in [-0.15, -0.1) is 0 Å². The second-order valence-corrected chi connectivity index (χ2v) is 6.87. The molecule has 1 N–H and O–H groups in total. The smallest absolute Gasteiger partial charge is 0.350 e. The minimum atomic E-state index is -4.60. The van der Waals surface area contributed by atoms with Gasteiger partial charge < -0.3 is 5.32 Å². The Morgan fingerprint density at radius 3 is 2.58 bits per heavy atom. The Labute approximate surface area is 154 Å². The van der Waals surface area contributed by atoms with Crippen molar-refractivity contribution in [2.24, 2.45) is 0 Å². The fourth-order valence-corrected chi connectivity index (χ4v) is 3.29. The molecule has 1 amide bonds. The third-order valence-electron chi connectivity index (χ3n) is 4.39. The lowest BCUT2D eigenvalue weighted by molar-refractivity contribution is -0.141. The molecule has 1 unspecified atom stereocenters. The van der Waals surface area contributed by atoms with E-state index in [1.807, 2.05) is 37.3 Å². The maximum atomic E-state index is 13.0. The molecule has 1 aromatic heterocycles. The second kappa shape index (κ2) is 7.31. The Morgan fingerprint density at radius 1 is 1.35 bits per heavy atom. The van der Waals surface area contributed by atoms with Crippen LogP contribution in [0.15, 0.2) is 30.3 Å². The highest BCUT2D eigenvalue weighted by Crippen LogP contribution is 2.46. The van der Waals surface area contributed by atoms with Gasteiger partial charge in [0.25, 0.3) is 0 Å². The van der Waals surface area contributed by atoms with Gasteiger partial charge in [-0.3, -0.25) is 9.48 Å². The summed E-state index contributed by atoms with van der Waals surface area (Å²) in [6, 6.07) is 9.27. The van der Waals surface area contributed by atoms with E-state index in [-0.39, 0.29) is 35.9 Å². The quantitative estimate of drug-likeness (QED) is 0.783. The van der Waals surface area contributed by atoms with Gasteiger partial charge in [0.15, 0.2) is 5.69 Å². The molecular formula is C18H19ClF3N3O. The zero-order chi connectivity index (χ0) is 18.9. The standard InChI is InChI=1S/C18H19ClF3N3O/c1-11(12-5-3-2-4-6-12)23-14(26)9-10-25-16(13-7-8-13)15(19)17(24-25)18(20,21)22/h2-6,11,13H,7-10H2,1H3,(H,23,26). The third-order valence-corrected chi connectivity index (χ3v) is 4.76. The van der Waals surface area contributed by atoms with Crippen molar-refractivity contribution in [1.82, 2.24) is 15.1 Å². The molecule has 1 aliphatic carbocycles. The summed E-state index contributed by atoms with van der Waals surface area (Å²) in [5, 5.41) is 6.14. The van der Waals surface area contributed by atoms with Gasteiger partial charge in [0.2, 0.25) is 5.91 Å². The predicted octanol–water partition coefficient (Wildman–Crippen LogP) is 4.70. The van der Waals surface area contributed by atoms with Crippen molar-refractivity contribution >= 4 is 17.5 Å². The molecule has 1 atom stereocenters. The molecule has 0 bridgehead atoms. The molecule has 1 heterocycles. The van der Waals surface area contributed by atoms with Crippen LogP contribution in [0.2, 0.25) is 5.02 Å². The first kappa shape index (κ1) is 18.8. The van der Waals surface area contributed by atoms with Crippen LogP contribution in [0.5, 0.6) is 0 Å². The van der Waals surface area contributed by atoms with Gasteiger partial charge in [-0.1, -0.05) is 41.9 Å². The summed E-state index contributed by atoms with van der Waals surface area (Å²) in [5.74, 6) is -0.249. The van der Waals surface area contributed by atoms with Crippen molar-refractivity contribution in [3.05, 3.63) is 52.3 Å². The van der Waals surface area contributed by atoms with Gasteiger partial charge in [0.05, 0.1) is 23.3 Å². The van der Waals surface area contributed by atoms with Crippen LogP contribution >= 0.6 is 11.6 Å². The van der Waals surface area contributed by atoms with Gasteiger partial charge in [0, 0.05) is 12.3 Å². The molecular weight excluding hydrogens is 367 g/mol. The molecule has 1 saturated carbocycles.